The van der Waals surface area contributed by atoms with E-state index in [1.165, 1.54) is 12.5 Å². The third-order valence-corrected chi connectivity index (χ3v) is 5.58. The fourth-order valence-corrected chi connectivity index (χ4v) is 4.03. The van der Waals surface area contributed by atoms with Crippen LogP contribution in [0.25, 0.3) is 0 Å². The fourth-order valence-electron chi connectivity index (χ4n) is 2.60. The Balaban J connectivity index is 1.88. The highest BCUT2D eigenvalue weighted by molar-refractivity contribution is 7.90. The van der Waals surface area contributed by atoms with Crippen LogP contribution in [0, 0.1) is 6.92 Å². The maximum Gasteiger partial charge on any atom is 0.178 e. The molecule has 1 aliphatic heterocycles. The van der Waals surface area contributed by atoms with E-state index in [0.29, 0.717) is 25.5 Å². The summed E-state index contributed by atoms with van der Waals surface area (Å²) in [5, 5.41) is 9.80. The first-order valence-electron chi connectivity index (χ1n) is 6.91. The van der Waals surface area contributed by atoms with Crippen molar-refractivity contribution in [2.24, 2.45) is 0 Å². The number of sulfone groups is 1. The molecule has 1 N–H and O–H groups in total. The molecule has 1 saturated heterocycles. The number of hydrogen-bond acceptors (Lipinski definition) is 7. The number of thiazole rings is 1. The lowest BCUT2D eigenvalue weighted by atomic mass is 10.1. The second kappa shape index (κ2) is 6.07. The highest BCUT2D eigenvalue weighted by atomic mass is 32.2. The number of aryl methyl sites for hydroxylation is 1. The van der Waals surface area contributed by atoms with Crippen LogP contribution >= 0.6 is 11.3 Å². The van der Waals surface area contributed by atoms with Crippen LogP contribution in [0.2, 0.25) is 0 Å². The van der Waals surface area contributed by atoms with Gasteiger partial charge in [0, 0.05) is 24.7 Å². The monoisotopic (exact) mass is 342 g/mol. The predicted molar refractivity (Wildman–Crippen MR) is 82.5 cm³/mol. The molecule has 0 saturated carbocycles. The van der Waals surface area contributed by atoms with Crippen molar-refractivity contribution in [3.63, 3.8) is 0 Å². The van der Waals surface area contributed by atoms with E-state index in [9.17, 15) is 8.42 Å². The van der Waals surface area contributed by atoms with Gasteiger partial charge in [0.05, 0.1) is 41.8 Å². The second-order valence-electron chi connectivity index (χ2n) is 5.34. The van der Waals surface area contributed by atoms with Gasteiger partial charge in [0.2, 0.25) is 0 Å². The van der Waals surface area contributed by atoms with Crippen molar-refractivity contribution in [3.8, 4) is 0 Å². The average Bonchev–Trinajstić information content (AvgIpc) is 3.08. The van der Waals surface area contributed by atoms with Crippen LogP contribution in [-0.2, 0) is 21.1 Å². The summed E-state index contributed by atoms with van der Waals surface area (Å²) in [4.78, 5) is 6.90. The van der Waals surface area contributed by atoms with Crippen molar-refractivity contribution in [2.45, 2.75) is 24.4 Å². The minimum absolute atomic E-state index is 0.164. The van der Waals surface area contributed by atoms with E-state index in [1.807, 2.05) is 12.3 Å². The summed E-state index contributed by atoms with van der Waals surface area (Å²) in [7, 11) is -3.32. The van der Waals surface area contributed by atoms with Crippen molar-refractivity contribution >= 4 is 21.2 Å². The summed E-state index contributed by atoms with van der Waals surface area (Å²) < 4.78 is 29.3. The van der Waals surface area contributed by atoms with Crippen molar-refractivity contribution in [1.29, 1.82) is 0 Å². The van der Waals surface area contributed by atoms with E-state index >= 15 is 0 Å². The molecule has 1 fully saturated rings. The Morgan fingerprint density at radius 1 is 1.55 bits per heavy atom. The second-order valence-corrected chi connectivity index (χ2v) is 8.39. The first kappa shape index (κ1) is 15.6. The lowest BCUT2D eigenvalue weighted by Crippen LogP contribution is -2.39. The van der Waals surface area contributed by atoms with Gasteiger partial charge in [-0.1, -0.05) is 0 Å². The number of morpholine rings is 1. The molecule has 7 nitrogen and oxygen atoms in total. The zero-order valence-electron chi connectivity index (χ0n) is 12.4. The molecule has 2 aromatic rings. The van der Waals surface area contributed by atoms with E-state index in [0.717, 1.165) is 17.2 Å². The summed E-state index contributed by atoms with van der Waals surface area (Å²) in [6.45, 7) is 4.43. The maximum atomic E-state index is 11.9. The average molecular weight is 342 g/mol. The summed E-state index contributed by atoms with van der Waals surface area (Å²) in [6.07, 6.45) is 2.56. The Labute approximate surface area is 133 Å². The fraction of sp³-hybridized carbons (Fsp3) is 0.538. The zero-order chi connectivity index (χ0) is 15.7. The zero-order valence-corrected chi connectivity index (χ0v) is 14.1. The smallest absolute Gasteiger partial charge is 0.178 e. The van der Waals surface area contributed by atoms with Crippen LogP contribution in [0.4, 0.5) is 0 Å². The minimum atomic E-state index is -3.32. The number of rotatable bonds is 4. The topological polar surface area (TPSA) is 88.2 Å². The van der Waals surface area contributed by atoms with E-state index < -0.39 is 9.84 Å². The third kappa shape index (κ3) is 3.22. The van der Waals surface area contributed by atoms with E-state index in [4.69, 9.17) is 4.74 Å². The standard InChI is InChI=1S/C13H18N4O3S2/c1-9-15-10(8-21-9)6-17-3-4-20-7-11(17)13-12(5-14-16-13)22(2,18)19/h5,8,11H,3-4,6-7H2,1-2H3,(H,14,16). The van der Waals surface area contributed by atoms with Crippen molar-refractivity contribution in [1.82, 2.24) is 20.1 Å². The number of nitrogens with zero attached hydrogens (tertiary/aromatic N) is 3. The van der Waals surface area contributed by atoms with Gasteiger partial charge in [-0.2, -0.15) is 5.10 Å². The molecule has 2 aromatic heterocycles. The molecule has 9 heteroatoms. The molecular weight excluding hydrogens is 324 g/mol. The molecule has 120 valence electrons. The van der Waals surface area contributed by atoms with E-state index in [1.54, 1.807) is 11.3 Å². The van der Waals surface area contributed by atoms with Crippen LogP contribution < -0.4 is 0 Å². The highest BCUT2D eigenvalue weighted by Crippen LogP contribution is 2.29. The maximum absolute atomic E-state index is 11.9. The molecule has 3 rings (SSSR count). The minimum Gasteiger partial charge on any atom is -0.378 e. The number of H-pyrrole nitrogens is 1. The van der Waals surface area contributed by atoms with Gasteiger partial charge in [-0.15, -0.1) is 11.3 Å². The largest absolute Gasteiger partial charge is 0.378 e. The van der Waals surface area contributed by atoms with Crippen LogP contribution in [-0.4, -0.2) is 54.5 Å². The first-order valence-corrected chi connectivity index (χ1v) is 9.68. The summed E-state index contributed by atoms with van der Waals surface area (Å²) in [6, 6.07) is -0.164. The predicted octanol–water partition coefficient (Wildman–Crippen LogP) is 1.15. The van der Waals surface area contributed by atoms with Gasteiger partial charge in [0.25, 0.3) is 0 Å². The van der Waals surface area contributed by atoms with Crippen LogP contribution in [0.15, 0.2) is 16.5 Å². The molecule has 1 aliphatic rings. The Morgan fingerprint density at radius 3 is 3.05 bits per heavy atom. The van der Waals surface area contributed by atoms with Crippen molar-refractivity contribution < 1.29 is 13.2 Å². The molecular formula is C13H18N4O3S2. The van der Waals surface area contributed by atoms with E-state index in [-0.39, 0.29) is 10.9 Å². The molecule has 0 amide bonds. The number of hydrogen-bond donors (Lipinski definition) is 1. The molecule has 0 radical (unpaired) electrons. The van der Waals surface area contributed by atoms with Crippen molar-refractivity contribution in [2.75, 3.05) is 26.0 Å². The molecule has 1 unspecified atom stereocenters. The number of aromatic nitrogens is 3. The number of aromatic amines is 1. The van der Waals surface area contributed by atoms with Crippen LogP contribution in [0.5, 0.6) is 0 Å². The van der Waals surface area contributed by atoms with Crippen LogP contribution in [0.1, 0.15) is 22.4 Å². The summed E-state index contributed by atoms with van der Waals surface area (Å²) >= 11 is 1.61. The van der Waals surface area contributed by atoms with Crippen molar-refractivity contribution in [3.05, 3.63) is 28.0 Å². The van der Waals surface area contributed by atoms with Gasteiger partial charge in [-0.25, -0.2) is 13.4 Å². The molecule has 3 heterocycles. The van der Waals surface area contributed by atoms with E-state index in [2.05, 4.69) is 20.1 Å². The molecule has 1 atom stereocenters. The lowest BCUT2D eigenvalue weighted by Gasteiger charge is -2.34. The molecule has 0 aromatic carbocycles. The Morgan fingerprint density at radius 2 is 2.36 bits per heavy atom. The Hall–Kier alpha value is -1.29. The van der Waals surface area contributed by atoms with Gasteiger partial charge in [-0.3, -0.25) is 10.00 Å². The van der Waals surface area contributed by atoms with Gasteiger partial charge in [0.1, 0.15) is 4.90 Å². The highest BCUT2D eigenvalue weighted by Gasteiger charge is 2.31. The molecule has 0 spiro atoms. The van der Waals surface area contributed by atoms with Gasteiger partial charge in [-0.05, 0) is 6.92 Å². The quantitative estimate of drug-likeness (QED) is 0.897. The lowest BCUT2D eigenvalue weighted by molar-refractivity contribution is -0.0157. The first-order chi connectivity index (χ1) is 10.4. The van der Waals surface area contributed by atoms with Gasteiger partial charge < -0.3 is 4.74 Å². The Kier molecular flexibility index (Phi) is 4.31. The SMILES string of the molecule is Cc1nc(CN2CCOCC2c2[nH]ncc2S(C)(=O)=O)cs1. The van der Waals surface area contributed by atoms with Gasteiger partial charge in [0.15, 0.2) is 9.84 Å². The van der Waals surface area contributed by atoms with Crippen LogP contribution in [0.3, 0.4) is 0 Å². The normalized spacial score (nSPS) is 20.4. The molecule has 22 heavy (non-hydrogen) atoms. The number of ether oxygens (including phenoxy) is 1. The number of nitrogens with one attached hydrogen (secondary N) is 1. The molecule has 0 aliphatic carbocycles. The third-order valence-electron chi connectivity index (χ3n) is 3.64. The summed E-state index contributed by atoms with van der Waals surface area (Å²) in [5.74, 6) is 0. The Bertz CT molecular complexity index is 753. The summed E-state index contributed by atoms with van der Waals surface area (Å²) in [5.41, 5.74) is 1.59. The van der Waals surface area contributed by atoms with Gasteiger partial charge >= 0.3 is 0 Å². The molecule has 0 bridgehead atoms.